The van der Waals surface area contributed by atoms with Crippen LogP contribution in [0.1, 0.15) is 52.4 Å². The van der Waals surface area contributed by atoms with Gasteiger partial charge in [0.15, 0.2) is 0 Å². The number of nitrogens with one attached hydrogen (secondary N) is 1. The average Bonchev–Trinajstić information content (AvgIpc) is 3.43. The van der Waals surface area contributed by atoms with Crippen LogP contribution in [0.25, 0.3) is 0 Å². The number of hydrogen-bond acceptors (Lipinski definition) is 5. The zero-order valence-electron chi connectivity index (χ0n) is 18.7. The summed E-state index contributed by atoms with van der Waals surface area (Å²) in [5.41, 5.74) is 0. The molecule has 0 aromatic heterocycles. The van der Waals surface area contributed by atoms with Gasteiger partial charge in [-0.3, -0.25) is 14.5 Å². The third-order valence-electron chi connectivity index (χ3n) is 7.44. The normalized spacial score (nSPS) is 32.7. The monoisotopic (exact) mass is 421 g/mol. The van der Waals surface area contributed by atoms with E-state index in [0.29, 0.717) is 51.8 Å². The minimum absolute atomic E-state index is 0.0734. The second kappa shape index (κ2) is 9.96. The first-order valence-electron chi connectivity index (χ1n) is 12.0. The zero-order chi connectivity index (χ0) is 21.1. The minimum atomic E-state index is -0.0734. The molecular formula is C23H39N3O4. The van der Waals surface area contributed by atoms with Gasteiger partial charge in [-0.25, -0.2) is 0 Å². The minimum Gasteiger partial charge on any atom is -0.378 e. The van der Waals surface area contributed by atoms with E-state index in [1.54, 1.807) is 0 Å². The fraction of sp³-hybridized carbons (Fsp3) is 0.913. The highest BCUT2D eigenvalue weighted by atomic mass is 16.5. The average molecular weight is 422 g/mol. The van der Waals surface area contributed by atoms with Crippen LogP contribution in [0.2, 0.25) is 0 Å². The first-order chi connectivity index (χ1) is 14.5. The van der Waals surface area contributed by atoms with E-state index < -0.39 is 0 Å². The summed E-state index contributed by atoms with van der Waals surface area (Å²) in [7, 11) is 0. The number of nitrogens with zero attached hydrogens (tertiary/aromatic N) is 2. The van der Waals surface area contributed by atoms with Crippen LogP contribution in [0, 0.1) is 17.8 Å². The van der Waals surface area contributed by atoms with Gasteiger partial charge >= 0.3 is 0 Å². The second-order valence-electron chi connectivity index (χ2n) is 10.0. The Morgan fingerprint density at radius 1 is 1.10 bits per heavy atom. The lowest BCUT2D eigenvalue weighted by molar-refractivity contribution is -0.138. The molecule has 0 aromatic carbocycles. The number of fused-ring (bicyclic) bond motifs is 1. The van der Waals surface area contributed by atoms with Crippen molar-refractivity contribution >= 4 is 11.8 Å². The van der Waals surface area contributed by atoms with Gasteiger partial charge in [0.05, 0.1) is 32.3 Å². The summed E-state index contributed by atoms with van der Waals surface area (Å²) in [5.74, 6) is 1.61. The van der Waals surface area contributed by atoms with Gasteiger partial charge in [-0.1, -0.05) is 12.8 Å². The first kappa shape index (κ1) is 22.0. The zero-order valence-corrected chi connectivity index (χ0v) is 18.7. The number of carbonyl (C=O) groups excluding carboxylic acids is 2. The second-order valence-corrected chi connectivity index (χ2v) is 10.0. The van der Waals surface area contributed by atoms with Gasteiger partial charge in [-0.15, -0.1) is 0 Å². The third-order valence-corrected chi connectivity index (χ3v) is 7.44. The maximum absolute atomic E-state index is 12.9. The van der Waals surface area contributed by atoms with E-state index >= 15 is 0 Å². The Bertz CT molecular complexity index is 601. The molecule has 7 nitrogen and oxygen atoms in total. The van der Waals surface area contributed by atoms with Crippen molar-refractivity contribution in [3.8, 4) is 0 Å². The molecule has 0 spiro atoms. The van der Waals surface area contributed by atoms with Crippen LogP contribution in [0.15, 0.2) is 0 Å². The van der Waals surface area contributed by atoms with E-state index in [9.17, 15) is 9.59 Å². The fourth-order valence-corrected chi connectivity index (χ4v) is 6.08. The van der Waals surface area contributed by atoms with Crippen molar-refractivity contribution in [1.82, 2.24) is 15.1 Å². The van der Waals surface area contributed by atoms with Crippen LogP contribution in [-0.4, -0.2) is 85.8 Å². The molecule has 1 aliphatic carbocycles. The largest absolute Gasteiger partial charge is 0.378 e. The van der Waals surface area contributed by atoms with Crippen molar-refractivity contribution in [1.29, 1.82) is 0 Å². The van der Waals surface area contributed by atoms with E-state index in [4.69, 9.17) is 9.47 Å². The molecule has 0 unspecified atom stereocenters. The van der Waals surface area contributed by atoms with Gasteiger partial charge in [0.1, 0.15) is 0 Å². The molecule has 3 saturated heterocycles. The Morgan fingerprint density at radius 3 is 2.53 bits per heavy atom. The van der Waals surface area contributed by atoms with Crippen LogP contribution >= 0.6 is 0 Å². The van der Waals surface area contributed by atoms with E-state index in [1.165, 1.54) is 25.7 Å². The number of morpholine rings is 1. The van der Waals surface area contributed by atoms with E-state index in [1.807, 2.05) is 18.7 Å². The lowest BCUT2D eigenvalue weighted by Crippen LogP contribution is -2.43. The maximum Gasteiger partial charge on any atom is 0.225 e. The molecule has 4 aliphatic rings. The summed E-state index contributed by atoms with van der Waals surface area (Å²) < 4.78 is 11.6. The Kier molecular flexibility index (Phi) is 7.32. The highest BCUT2D eigenvalue weighted by Gasteiger charge is 2.51. The Balaban J connectivity index is 1.42. The number of carbonyl (C=O) groups is 2. The van der Waals surface area contributed by atoms with Gasteiger partial charge in [0.25, 0.3) is 0 Å². The SMILES string of the molecule is CC(C)NC(=O)C[C@@H]1CN(CC2CCCC2)[C@@H]2CO[C@@H](CC(=O)N3CCOCC3)[C@H]12. The predicted molar refractivity (Wildman–Crippen MR) is 114 cm³/mol. The molecule has 1 saturated carbocycles. The molecule has 170 valence electrons. The predicted octanol–water partition coefficient (Wildman–Crippen LogP) is 1.66. The van der Waals surface area contributed by atoms with Crippen LogP contribution in [0.4, 0.5) is 0 Å². The molecule has 0 bridgehead atoms. The number of rotatable bonds is 7. The lowest BCUT2D eigenvalue weighted by Gasteiger charge is -2.29. The molecule has 3 aliphatic heterocycles. The molecule has 0 aromatic rings. The molecule has 4 atom stereocenters. The smallest absolute Gasteiger partial charge is 0.225 e. The molecule has 4 fully saturated rings. The van der Waals surface area contributed by atoms with Crippen LogP contribution in [-0.2, 0) is 19.1 Å². The van der Waals surface area contributed by atoms with Crippen LogP contribution in [0.3, 0.4) is 0 Å². The molecule has 4 rings (SSSR count). The Morgan fingerprint density at radius 2 is 1.83 bits per heavy atom. The highest BCUT2D eigenvalue weighted by Crippen LogP contribution is 2.43. The first-order valence-corrected chi connectivity index (χ1v) is 12.0. The van der Waals surface area contributed by atoms with Crippen LogP contribution in [0.5, 0.6) is 0 Å². The van der Waals surface area contributed by atoms with Crippen molar-refractivity contribution in [2.75, 3.05) is 46.0 Å². The van der Waals surface area contributed by atoms with Crippen molar-refractivity contribution in [3.05, 3.63) is 0 Å². The van der Waals surface area contributed by atoms with E-state index in [-0.39, 0.29) is 35.8 Å². The molecule has 30 heavy (non-hydrogen) atoms. The Hall–Kier alpha value is -1.18. The quantitative estimate of drug-likeness (QED) is 0.677. The summed E-state index contributed by atoms with van der Waals surface area (Å²) in [6.07, 6.45) is 6.24. The van der Waals surface area contributed by atoms with E-state index in [2.05, 4.69) is 10.2 Å². The van der Waals surface area contributed by atoms with E-state index in [0.717, 1.165) is 19.0 Å². The van der Waals surface area contributed by atoms with Crippen LogP contribution < -0.4 is 5.32 Å². The summed E-state index contributed by atoms with van der Waals surface area (Å²) in [5, 5.41) is 3.06. The van der Waals surface area contributed by atoms with Crippen molar-refractivity contribution in [3.63, 3.8) is 0 Å². The van der Waals surface area contributed by atoms with Gasteiger partial charge in [0, 0.05) is 50.6 Å². The summed E-state index contributed by atoms with van der Waals surface area (Å²) >= 11 is 0. The Labute approximate surface area is 180 Å². The number of amides is 2. The van der Waals surface area contributed by atoms with Gasteiger partial charge in [0.2, 0.25) is 11.8 Å². The molecule has 1 N–H and O–H groups in total. The highest BCUT2D eigenvalue weighted by molar-refractivity contribution is 5.77. The summed E-state index contributed by atoms with van der Waals surface area (Å²) in [4.78, 5) is 29.9. The lowest BCUT2D eigenvalue weighted by atomic mass is 9.84. The summed E-state index contributed by atoms with van der Waals surface area (Å²) in [6, 6.07) is 0.507. The fourth-order valence-electron chi connectivity index (χ4n) is 6.08. The molecule has 0 radical (unpaired) electrons. The molecule has 7 heteroatoms. The van der Waals surface area contributed by atoms with Crippen molar-refractivity contribution in [2.24, 2.45) is 17.8 Å². The van der Waals surface area contributed by atoms with Gasteiger partial charge < -0.3 is 19.7 Å². The molecule has 2 amide bonds. The van der Waals surface area contributed by atoms with Crippen molar-refractivity contribution < 1.29 is 19.1 Å². The van der Waals surface area contributed by atoms with Gasteiger partial charge in [-0.05, 0) is 38.5 Å². The molecule has 3 heterocycles. The topological polar surface area (TPSA) is 71.1 Å². The summed E-state index contributed by atoms with van der Waals surface area (Å²) in [6.45, 7) is 9.38. The standard InChI is InChI=1S/C23H39N3O4/c1-16(2)24-21(27)11-18-14-26(13-17-5-3-4-6-17)19-15-30-20(23(18)19)12-22(28)25-7-9-29-10-8-25/h16-20,23H,3-15H2,1-2H3,(H,24,27)/t18-,19-,20+,23-/m1/s1. The van der Waals surface area contributed by atoms with Crippen molar-refractivity contribution in [2.45, 2.75) is 70.6 Å². The van der Waals surface area contributed by atoms with Gasteiger partial charge in [-0.2, -0.15) is 0 Å². The third kappa shape index (κ3) is 5.17. The number of likely N-dealkylation sites (tertiary alicyclic amines) is 1. The maximum atomic E-state index is 12.9. The number of ether oxygens (including phenoxy) is 2. The molecular weight excluding hydrogens is 382 g/mol. The number of hydrogen-bond donors (Lipinski definition) is 1.